The van der Waals surface area contributed by atoms with Crippen LogP contribution in [0.5, 0.6) is 0 Å². The van der Waals surface area contributed by atoms with Crippen LogP contribution in [-0.4, -0.2) is 40.5 Å². The van der Waals surface area contributed by atoms with Crippen molar-refractivity contribution in [3.63, 3.8) is 0 Å². The van der Waals surface area contributed by atoms with Crippen molar-refractivity contribution in [2.75, 3.05) is 20.2 Å². The van der Waals surface area contributed by atoms with Crippen molar-refractivity contribution in [3.8, 4) is 0 Å². The quantitative estimate of drug-likeness (QED) is 0.659. The van der Waals surface area contributed by atoms with Gasteiger partial charge in [0.1, 0.15) is 0 Å². The lowest BCUT2D eigenvalue weighted by Crippen LogP contribution is -2.56. The van der Waals surface area contributed by atoms with Gasteiger partial charge in [-0.15, -0.1) is 0 Å². The van der Waals surface area contributed by atoms with E-state index in [1.165, 1.54) is 7.11 Å². The number of hydrogen-bond donors (Lipinski definition) is 0. The Kier molecular flexibility index (Phi) is 3.44. The van der Waals surface area contributed by atoms with Crippen molar-refractivity contribution < 1.29 is 13.2 Å². The van der Waals surface area contributed by atoms with E-state index < -0.39 is 11.1 Å². The van der Waals surface area contributed by atoms with Crippen LogP contribution in [0.15, 0.2) is 0 Å². The zero-order valence-corrected chi connectivity index (χ0v) is 8.97. The van der Waals surface area contributed by atoms with Crippen LogP contribution in [-0.2, 0) is 20.1 Å². The molecule has 1 aliphatic heterocycles. The van der Waals surface area contributed by atoms with Crippen LogP contribution < -0.4 is 0 Å². The Labute approximate surface area is 80.9 Å². The Morgan fingerprint density at radius 1 is 1.54 bits per heavy atom. The molecule has 1 amide bonds. The molecule has 1 aliphatic rings. The van der Waals surface area contributed by atoms with E-state index in [-0.39, 0.29) is 17.1 Å². The molecule has 1 unspecified atom stereocenters. The van der Waals surface area contributed by atoms with E-state index in [0.717, 1.165) is 0 Å². The molecular formula is C8H15NO3S. The topological polar surface area (TPSA) is 46.6 Å². The van der Waals surface area contributed by atoms with Crippen LogP contribution in [0.3, 0.4) is 0 Å². The summed E-state index contributed by atoms with van der Waals surface area (Å²) < 4.78 is 15.8. The molecule has 5 heteroatoms. The zero-order valence-electron chi connectivity index (χ0n) is 8.15. The molecule has 0 N–H and O–H groups in total. The predicted molar refractivity (Wildman–Crippen MR) is 50.4 cm³/mol. The zero-order chi connectivity index (χ0) is 10.0. The van der Waals surface area contributed by atoms with Gasteiger partial charge in [0.2, 0.25) is 5.91 Å². The Morgan fingerprint density at radius 3 is 2.46 bits per heavy atom. The normalized spacial score (nSPS) is 20.2. The van der Waals surface area contributed by atoms with Crippen LogP contribution in [0.2, 0.25) is 0 Å². The second-order valence-electron chi connectivity index (χ2n) is 3.45. The van der Waals surface area contributed by atoms with Gasteiger partial charge in [-0.3, -0.25) is 8.98 Å². The lowest BCUT2D eigenvalue weighted by Gasteiger charge is -2.38. The summed E-state index contributed by atoms with van der Waals surface area (Å²) >= 11 is -1.23. The number of likely N-dealkylation sites (tertiary alicyclic amines) is 1. The van der Waals surface area contributed by atoms with Crippen molar-refractivity contribution >= 4 is 17.0 Å². The van der Waals surface area contributed by atoms with Gasteiger partial charge in [0, 0.05) is 19.0 Å². The van der Waals surface area contributed by atoms with E-state index in [1.54, 1.807) is 4.90 Å². The third-order valence-electron chi connectivity index (χ3n) is 2.09. The van der Waals surface area contributed by atoms with Crippen molar-refractivity contribution in [1.29, 1.82) is 0 Å². The fourth-order valence-electron chi connectivity index (χ4n) is 1.24. The van der Waals surface area contributed by atoms with E-state index in [1.807, 2.05) is 13.8 Å². The molecule has 1 fully saturated rings. The molecule has 0 aromatic carbocycles. The number of rotatable bonds is 3. The van der Waals surface area contributed by atoms with Gasteiger partial charge in [-0.2, -0.15) is 0 Å². The summed E-state index contributed by atoms with van der Waals surface area (Å²) in [6.45, 7) is 4.86. The van der Waals surface area contributed by atoms with Gasteiger partial charge in [-0.25, -0.2) is 4.21 Å². The van der Waals surface area contributed by atoms with Crippen LogP contribution in [0.4, 0.5) is 0 Å². The molecule has 4 nitrogen and oxygen atoms in total. The molecular weight excluding hydrogens is 190 g/mol. The molecule has 0 aromatic rings. The number of carbonyl (C=O) groups excluding carboxylic acids is 1. The predicted octanol–water partition coefficient (Wildman–Crippen LogP) is 0.163. The lowest BCUT2D eigenvalue weighted by atomic mass is 10.1. The molecule has 0 aromatic heterocycles. The van der Waals surface area contributed by atoms with Gasteiger partial charge in [0.05, 0.1) is 12.4 Å². The average molecular weight is 205 g/mol. The van der Waals surface area contributed by atoms with E-state index in [9.17, 15) is 9.00 Å². The minimum atomic E-state index is -1.23. The molecule has 1 atom stereocenters. The van der Waals surface area contributed by atoms with E-state index in [0.29, 0.717) is 13.1 Å². The van der Waals surface area contributed by atoms with Gasteiger partial charge >= 0.3 is 0 Å². The molecule has 0 aliphatic carbocycles. The first-order valence-electron chi connectivity index (χ1n) is 4.30. The minimum Gasteiger partial charge on any atom is -0.340 e. The monoisotopic (exact) mass is 205 g/mol. The summed E-state index contributed by atoms with van der Waals surface area (Å²) in [5.41, 5.74) is 0. The number of hydrogen-bond acceptors (Lipinski definition) is 3. The summed E-state index contributed by atoms with van der Waals surface area (Å²) in [7, 11) is 1.42. The van der Waals surface area contributed by atoms with E-state index >= 15 is 0 Å². The van der Waals surface area contributed by atoms with Crippen LogP contribution in [0.1, 0.15) is 13.8 Å². The van der Waals surface area contributed by atoms with Crippen LogP contribution in [0.25, 0.3) is 0 Å². The summed E-state index contributed by atoms with van der Waals surface area (Å²) in [6.07, 6.45) is 0. The number of amides is 1. The largest absolute Gasteiger partial charge is 0.340 e. The SMILES string of the molecule is COS(=O)C1CN(C(=O)C(C)C)C1. The summed E-state index contributed by atoms with van der Waals surface area (Å²) in [6, 6.07) is 0. The summed E-state index contributed by atoms with van der Waals surface area (Å²) in [5, 5.41) is 0.00713. The van der Waals surface area contributed by atoms with E-state index in [4.69, 9.17) is 0 Å². The molecule has 1 heterocycles. The maximum absolute atomic E-state index is 11.4. The Balaban J connectivity index is 2.33. The standard InChI is InChI=1S/C8H15NO3S/c1-6(2)8(10)9-4-7(5-9)13(11)12-3/h6-7H,4-5H2,1-3H3. The fraction of sp³-hybridized carbons (Fsp3) is 0.875. The van der Waals surface area contributed by atoms with Gasteiger partial charge in [0.15, 0.2) is 11.1 Å². The molecule has 0 spiro atoms. The first-order chi connectivity index (χ1) is 6.06. The molecule has 0 radical (unpaired) electrons. The highest BCUT2D eigenvalue weighted by atomic mass is 32.2. The Bertz CT molecular complexity index is 223. The summed E-state index contributed by atoms with van der Waals surface area (Å²) in [5.74, 6) is 0.154. The molecule has 13 heavy (non-hydrogen) atoms. The first-order valence-corrected chi connectivity index (χ1v) is 5.44. The van der Waals surface area contributed by atoms with Gasteiger partial charge in [-0.1, -0.05) is 13.8 Å². The molecule has 0 bridgehead atoms. The fourth-order valence-corrected chi connectivity index (χ4v) is 2.12. The smallest absolute Gasteiger partial charge is 0.225 e. The van der Waals surface area contributed by atoms with Crippen LogP contribution >= 0.6 is 0 Å². The van der Waals surface area contributed by atoms with Gasteiger partial charge in [-0.05, 0) is 0 Å². The Morgan fingerprint density at radius 2 is 2.08 bits per heavy atom. The maximum Gasteiger partial charge on any atom is 0.225 e. The molecule has 1 saturated heterocycles. The van der Waals surface area contributed by atoms with E-state index in [2.05, 4.69) is 4.18 Å². The maximum atomic E-state index is 11.4. The average Bonchev–Trinajstić information content (AvgIpc) is 2.00. The molecule has 0 saturated carbocycles. The Hall–Kier alpha value is -0.420. The molecule has 76 valence electrons. The number of nitrogens with zero attached hydrogens (tertiary/aromatic N) is 1. The van der Waals surface area contributed by atoms with Crippen molar-refractivity contribution in [3.05, 3.63) is 0 Å². The second kappa shape index (κ2) is 4.19. The van der Waals surface area contributed by atoms with Crippen LogP contribution in [0, 0.1) is 5.92 Å². The minimum absolute atomic E-state index is 0.00713. The third kappa shape index (κ3) is 2.28. The highest BCUT2D eigenvalue weighted by Gasteiger charge is 2.35. The first kappa shape index (κ1) is 10.7. The molecule has 1 rings (SSSR count). The van der Waals surface area contributed by atoms with Gasteiger partial charge < -0.3 is 4.90 Å². The highest BCUT2D eigenvalue weighted by Crippen LogP contribution is 2.16. The van der Waals surface area contributed by atoms with Crippen molar-refractivity contribution in [2.24, 2.45) is 5.92 Å². The second-order valence-corrected chi connectivity index (χ2v) is 4.97. The highest BCUT2D eigenvalue weighted by molar-refractivity contribution is 7.81. The van der Waals surface area contributed by atoms with Crippen molar-refractivity contribution in [2.45, 2.75) is 19.1 Å². The third-order valence-corrected chi connectivity index (χ3v) is 3.26. The number of carbonyl (C=O) groups is 1. The summed E-state index contributed by atoms with van der Waals surface area (Å²) in [4.78, 5) is 13.1. The van der Waals surface area contributed by atoms with Gasteiger partial charge in [0.25, 0.3) is 0 Å². The van der Waals surface area contributed by atoms with Crippen molar-refractivity contribution in [1.82, 2.24) is 4.90 Å². The lowest BCUT2D eigenvalue weighted by molar-refractivity contribution is -0.137.